The Morgan fingerprint density at radius 3 is 2.46 bits per heavy atom. The molecule has 24 heavy (non-hydrogen) atoms. The highest BCUT2D eigenvalue weighted by atomic mass is 32.2. The molecule has 3 unspecified atom stereocenters. The summed E-state index contributed by atoms with van der Waals surface area (Å²) in [4.78, 5) is 26.3. The van der Waals surface area contributed by atoms with E-state index in [2.05, 4.69) is 0 Å². The van der Waals surface area contributed by atoms with Crippen molar-refractivity contribution in [2.45, 2.75) is 30.8 Å². The van der Waals surface area contributed by atoms with Gasteiger partial charge in [0.2, 0.25) is 0 Å². The number of anilines is 1. The molecule has 0 bridgehead atoms. The third-order valence-corrected chi connectivity index (χ3v) is 6.89. The Bertz CT molecular complexity index is 809. The van der Waals surface area contributed by atoms with Crippen LogP contribution in [0.4, 0.5) is 10.5 Å². The van der Waals surface area contributed by atoms with Crippen LogP contribution in [0.1, 0.15) is 12.5 Å². The predicted molar refractivity (Wildman–Crippen MR) is 88.7 cm³/mol. The molecular weight excluding hydrogens is 332 g/mol. The SMILES string of the molecule is CC1Cc2ccccc2N1S(=O)(=O)C1C(=O)N(C)C(=O)N(C)C1N. The van der Waals surface area contributed by atoms with E-state index in [9.17, 15) is 18.0 Å². The van der Waals surface area contributed by atoms with Crippen molar-refractivity contribution in [2.24, 2.45) is 5.73 Å². The summed E-state index contributed by atoms with van der Waals surface area (Å²) in [5.41, 5.74) is 7.40. The van der Waals surface area contributed by atoms with E-state index < -0.39 is 33.4 Å². The van der Waals surface area contributed by atoms with Gasteiger partial charge >= 0.3 is 6.03 Å². The van der Waals surface area contributed by atoms with Gasteiger partial charge in [0.15, 0.2) is 5.25 Å². The van der Waals surface area contributed by atoms with Crippen LogP contribution in [0.15, 0.2) is 24.3 Å². The van der Waals surface area contributed by atoms with Crippen LogP contribution in [0.2, 0.25) is 0 Å². The average molecular weight is 352 g/mol. The fourth-order valence-corrected chi connectivity index (χ4v) is 5.57. The van der Waals surface area contributed by atoms with Gasteiger partial charge in [-0.3, -0.25) is 14.0 Å². The topological polar surface area (TPSA) is 104 Å². The van der Waals surface area contributed by atoms with Crippen molar-refractivity contribution in [3.05, 3.63) is 29.8 Å². The Morgan fingerprint density at radius 2 is 1.79 bits per heavy atom. The number of para-hydroxylation sites is 1. The second-order valence-electron chi connectivity index (χ2n) is 6.22. The zero-order chi connectivity index (χ0) is 17.8. The van der Waals surface area contributed by atoms with Crippen molar-refractivity contribution in [2.75, 3.05) is 18.4 Å². The molecule has 1 aromatic rings. The summed E-state index contributed by atoms with van der Waals surface area (Å²) >= 11 is 0. The first-order chi connectivity index (χ1) is 11.2. The Morgan fingerprint density at radius 1 is 1.17 bits per heavy atom. The van der Waals surface area contributed by atoms with Gasteiger partial charge in [0.25, 0.3) is 15.9 Å². The van der Waals surface area contributed by atoms with E-state index in [1.165, 1.54) is 18.4 Å². The number of urea groups is 1. The van der Waals surface area contributed by atoms with E-state index >= 15 is 0 Å². The van der Waals surface area contributed by atoms with Gasteiger partial charge in [-0.25, -0.2) is 13.2 Å². The molecule has 0 saturated carbocycles. The number of sulfonamides is 1. The molecule has 2 aliphatic heterocycles. The average Bonchev–Trinajstić information content (AvgIpc) is 2.87. The van der Waals surface area contributed by atoms with Gasteiger partial charge in [-0.2, -0.15) is 0 Å². The zero-order valence-electron chi connectivity index (χ0n) is 13.7. The molecular formula is C15H20N4O4S. The van der Waals surface area contributed by atoms with E-state index in [-0.39, 0.29) is 6.04 Å². The summed E-state index contributed by atoms with van der Waals surface area (Å²) in [5.74, 6) is -0.804. The van der Waals surface area contributed by atoms with Gasteiger partial charge in [-0.15, -0.1) is 0 Å². The van der Waals surface area contributed by atoms with E-state index in [1.54, 1.807) is 19.1 Å². The predicted octanol–water partition coefficient (Wildman–Crippen LogP) is -0.0554. The van der Waals surface area contributed by atoms with Crippen LogP contribution in [-0.2, 0) is 21.2 Å². The van der Waals surface area contributed by atoms with Crippen molar-refractivity contribution in [3.8, 4) is 0 Å². The van der Waals surface area contributed by atoms with Gasteiger partial charge in [0.1, 0.15) is 6.17 Å². The first kappa shape index (κ1) is 16.7. The molecule has 2 heterocycles. The summed E-state index contributed by atoms with van der Waals surface area (Å²) in [5, 5.41) is -1.53. The molecule has 0 aliphatic carbocycles. The van der Waals surface area contributed by atoms with Crippen molar-refractivity contribution < 1.29 is 18.0 Å². The molecule has 0 aromatic heterocycles. The normalized spacial score (nSPS) is 27.7. The molecule has 0 radical (unpaired) electrons. The number of benzene rings is 1. The molecule has 8 nitrogen and oxygen atoms in total. The number of imide groups is 1. The minimum atomic E-state index is -4.09. The number of nitrogens with two attached hydrogens (primary N) is 1. The molecule has 9 heteroatoms. The highest BCUT2D eigenvalue weighted by molar-refractivity contribution is 7.94. The molecule has 1 aromatic carbocycles. The third-order valence-electron chi connectivity index (χ3n) is 4.66. The molecule has 1 saturated heterocycles. The van der Waals surface area contributed by atoms with Gasteiger partial charge in [0, 0.05) is 20.1 Å². The number of fused-ring (bicyclic) bond motifs is 1. The van der Waals surface area contributed by atoms with E-state index in [0.717, 1.165) is 15.4 Å². The highest BCUT2D eigenvalue weighted by Crippen LogP contribution is 2.36. The van der Waals surface area contributed by atoms with Crippen LogP contribution >= 0.6 is 0 Å². The fourth-order valence-electron chi connectivity index (χ4n) is 3.35. The van der Waals surface area contributed by atoms with Crippen LogP contribution < -0.4 is 10.0 Å². The monoisotopic (exact) mass is 352 g/mol. The number of hydrogen-bond donors (Lipinski definition) is 1. The number of nitrogens with zero attached hydrogens (tertiary/aromatic N) is 3. The summed E-state index contributed by atoms with van der Waals surface area (Å²) in [6, 6.07) is 6.25. The Labute approximate surface area is 140 Å². The number of amides is 3. The van der Waals surface area contributed by atoms with Crippen LogP contribution in [0.25, 0.3) is 0 Å². The number of hydrogen-bond acceptors (Lipinski definition) is 5. The Kier molecular flexibility index (Phi) is 3.80. The minimum Gasteiger partial charge on any atom is -0.310 e. The van der Waals surface area contributed by atoms with Crippen LogP contribution in [0, 0.1) is 0 Å². The lowest BCUT2D eigenvalue weighted by Crippen LogP contribution is -2.69. The van der Waals surface area contributed by atoms with E-state index in [0.29, 0.717) is 12.1 Å². The molecule has 1 fully saturated rings. The summed E-state index contributed by atoms with van der Waals surface area (Å²) in [7, 11) is -1.44. The third kappa shape index (κ3) is 2.19. The quantitative estimate of drug-likeness (QED) is 0.803. The molecule has 3 atom stereocenters. The summed E-state index contributed by atoms with van der Waals surface area (Å²) in [6.07, 6.45) is -0.665. The molecule has 0 spiro atoms. The second-order valence-corrected chi connectivity index (χ2v) is 8.16. The first-order valence-corrected chi connectivity index (χ1v) is 9.09. The number of carbonyl (C=O) groups excluding carboxylic acids is 2. The van der Waals surface area contributed by atoms with Gasteiger partial charge < -0.3 is 10.6 Å². The van der Waals surface area contributed by atoms with Gasteiger partial charge in [0.05, 0.1) is 5.69 Å². The smallest absolute Gasteiger partial charge is 0.310 e. The fraction of sp³-hybridized carbons (Fsp3) is 0.467. The van der Waals surface area contributed by atoms with Crippen molar-refractivity contribution >= 4 is 27.6 Å². The lowest BCUT2D eigenvalue weighted by Gasteiger charge is -2.41. The Balaban J connectivity index is 2.08. The van der Waals surface area contributed by atoms with Crippen LogP contribution in [-0.4, -0.2) is 61.7 Å². The van der Waals surface area contributed by atoms with E-state index in [4.69, 9.17) is 5.73 Å². The summed E-state index contributed by atoms with van der Waals surface area (Å²) < 4.78 is 27.7. The largest absolute Gasteiger partial charge is 0.327 e. The van der Waals surface area contributed by atoms with Crippen molar-refractivity contribution in [1.82, 2.24) is 9.80 Å². The van der Waals surface area contributed by atoms with Gasteiger partial charge in [-0.05, 0) is 25.0 Å². The first-order valence-electron chi connectivity index (χ1n) is 7.59. The van der Waals surface area contributed by atoms with Gasteiger partial charge in [-0.1, -0.05) is 18.2 Å². The maximum absolute atomic E-state index is 13.2. The van der Waals surface area contributed by atoms with Crippen molar-refractivity contribution in [1.29, 1.82) is 0 Å². The van der Waals surface area contributed by atoms with Crippen molar-refractivity contribution in [3.63, 3.8) is 0 Å². The maximum atomic E-state index is 13.2. The van der Waals surface area contributed by atoms with Crippen LogP contribution in [0.3, 0.4) is 0 Å². The zero-order valence-corrected chi connectivity index (χ0v) is 14.5. The Hall–Kier alpha value is -2.13. The summed E-state index contributed by atoms with van der Waals surface area (Å²) in [6.45, 7) is 1.79. The lowest BCUT2D eigenvalue weighted by molar-refractivity contribution is -0.130. The molecule has 3 rings (SSSR count). The molecule has 2 aliphatic rings. The number of rotatable bonds is 2. The maximum Gasteiger partial charge on any atom is 0.327 e. The van der Waals surface area contributed by atoms with Crippen LogP contribution in [0.5, 0.6) is 0 Å². The van der Waals surface area contributed by atoms with E-state index in [1.807, 2.05) is 12.1 Å². The minimum absolute atomic E-state index is 0.319. The molecule has 130 valence electrons. The molecule has 2 N–H and O–H groups in total. The lowest BCUT2D eigenvalue weighted by atomic mass is 10.1. The highest BCUT2D eigenvalue weighted by Gasteiger charge is 2.52. The molecule has 3 amide bonds. The number of carbonyl (C=O) groups is 2. The standard InChI is InChI=1S/C15H20N4O4S/c1-9-8-10-6-4-5-7-11(10)19(9)24(22,23)12-13(16)17(2)15(21)18(3)14(12)20/h4-7,9,12-13H,8,16H2,1-3H3. The second kappa shape index (κ2) is 5.45.